The first kappa shape index (κ1) is 9.66. The van der Waals surface area contributed by atoms with Crippen LogP contribution in [0.1, 0.15) is 6.42 Å². The summed E-state index contributed by atoms with van der Waals surface area (Å²) in [5.74, 6) is 3.71. The van der Waals surface area contributed by atoms with Gasteiger partial charge in [-0.15, -0.1) is 0 Å². The lowest BCUT2D eigenvalue weighted by molar-refractivity contribution is -0.138. The highest BCUT2D eigenvalue weighted by Crippen LogP contribution is 1.86. The van der Waals surface area contributed by atoms with E-state index in [1.807, 2.05) is 5.53 Å². The first-order valence-electron chi connectivity index (χ1n) is 2.84. The molecule has 11 heavy (non-hydrogen) atoms. The Hall–Kier alpha value is -1.34. The van der Waals surface area contributed by atoms with Gasteiger partial charge in [0.15, 0.2) is 0 Å². The van der Waals surface area contributed by atoms with Gasteiger partial charge >= 0.3 is 5.97 Å². The number of hydrogen-bond acceptors (Lipinski definition) is 5. The molecule has 0 aliphatic rings. The summed E-state index contributed by atoms with van der Waals surface area (Å²) in [7, 11) is 0. The van der Waals surface area contributed by atoms with Gasteiger partial charge in [0.25, 0.3) is 0 Å². The Kier molecular flexibility index (Phi) is 3.93. The average Bonchev–Trinajstić information content (AvgIpc) is 1.87. The van der Waals surface area contributed by atoms with Crippen LogP contribution in [0.4, 0.5) is 0 Å². The number of amidine groups is 1. The maximum atomic E-state index is 10.2. The number of hydrogen-bond donors (Lipinski definition) is 5. The number of nitrogens with one attached hydrogen (secondary N) is 1. The number of carboxylic acids is 1. The molecule has 8 N–H and O–H groups in total. The second kappa shape index (κ2) is 4.47. The highest BCUT2D eigenvalue weighted by atomic mass is 16.4. The number of nitrogens with zero attached hydrogens (tertiary/aromatic N) is 1. The molecule has 0 bridgehead atoms. The third kappa shape index (κ3) is 4.12. The molecule has 0 fully saturated rings. The molecule has 64 valence electrons. The molecule has 0 aliphatic heterocycles. The average molecular weight is 161 g/mol. The van der Waals surface area contributed by atoms with Gasteiger partial charge in [0.1, 0.15) is 11.9 Å². The molecule has 0 aliphatic carbocycles. The maximum Gasteiger partial charge on any atom is 0.320 e. The van der Waals surface area contributed by atoms with Crippen molar-refractivity contribution in [3.8, 4) is 0 Å². The van der Waals surface area contributed by atoms with Crippen molar-refractivity contribution in [3.05, 3.63) is 0 Å². The SMILES string of the molecule is NN/N=C(\N)CC(N)C(=O)O. The number of hydrazone groups is 1. The highest BCUT2D eigenvalue weighted by Gasteiger charge is 2.12. The van der Waals surface area contributed by atoms with Gasteiger partial charge in [0.2, 0.25) is 0 Å². The van der Waals surface area contributed by atoms with Crippen LogP contribution in [-0.2, 0) is 4.79 Å². The fraction of sp³-hybridized carbons (Fsp3) is 0.500. The van der Waals surface area contributed by atoms with Crippen LogP contribution < -0.4 is 22.8 Å². The minimum atomic E-state index is -1.12. The number of rotatable bonds is 4. The summed E-state index contributed by atoms with van der Waals surface area (Å²) in [6.45, 7) is 0. The Morgan fingerprint density at radius 3 is 2.64 bits per heavy atom. The lowest BCUT2D eigenvalue weighted by atomic mass is 10.2. The van der Waals surface area contributed by atoms with Gasteiger partial charge in [-0.05, 0) is 0 Å². The second-order valence-corrected chi connectivity index (χ2v) is 1.88. The van der Waals surface area contributed by atoms with E-state index in [-0.39, 0.29) is 12.3 Å². The quantitative estimate of drug-likeness (QED) is 0.134. The van der Waals surface area contributed by atoms with Crippen LogP contribution >= 0.6 is 0 Å². The van der Waals surface area contributed by atoms with Gasteiger partial charge in [-0.2, -0.15) is 5.10 Å². The molecular weight excluding hydrogens is 150 g/mol. The molecule has 0 saturated carbocycles. The summed E-state index contributed by atoms with van der Waals surface area (Å²) in [5, 5.41) is 11.6. The summed E-state index contributed by atoms with van der Waals surface area (Å²) in [5.41, 5.74) is 12.2. The molecular formula is C4H11N5O2. The first-order valence-corrected chi connectivity index (χ1v) is 2.84. The monoisotopic (exact) mass is 161 g/mol. The number of nitrogens with two attached hydrogens (primary N) is 3. The number of aliphatic carboxylic acids is 1. The van der Waals surface area contributed by atoms with Crippen LogP contribution in [0, 0.1) is 0 Å². The minimum Gasteiger partial charge on any atom is -0.480 e. The second-order valence-electron chi connectivity index (χ2n) is 1.88. The molecule has 0 heterocycles. The number of carbonyl (C=O) groups is 1. The van der Waals surface area contributed by atoms with Crippen molar-refractivity contribution in [3.63, 3.8) is 0 Å². The molecule has 0 spiro atoms. The van der Waals surface area contributed by atoms with Gasteiger partial charge in [-0.3, -0.25) is 4.79 Å². The largest absolute Gasteiger partial charge is 0.480 e. The van der Waals surface area contributed by atoms with Gasteiger partial charge in [-0.25, -0.2) is 11.4 Å². The highest BCUT2D eigenvalue weighted by molar-refractivity contribution is 5.86. The van der Waals surface area contributed by atoms with Crippen LogP contribution in [0.15, 0.2) is 5.10 Å². The van der Waals surface area contributed by atoms with E-state index in [1.54, 1.807) is 0 Å². The van der Waals surface area contributed by atoms with Crippen LogP contribution in [0.2, 0.25) is 0 Å². The molecule has 0 aromatic rings. The normalized spacial score (nSPS) is 14.2. The zero-order valence-electron chi connectivity index (χ0n) is 5.82. The zero-order chi connectivity index (χ0) is 8.85. The molecule has 1 unspecified atom stereocenters. The summed E-state index contributed by atoms with van der Waals surface area (Å²) in [6, 6.07) is -1.04. The van der Waals surface area contributed by atoms with Gasteiger partial charge < -0.3 is 16.6 Å². The summed E-state index contributed by atoms with van der Waals surface area (Å²) in [4.78, 5) is 10.2. The smallest absolute Gasteiger partial charge is 0.320 e. The van der Waals surface area contributed by atoms with Crippen LogP contribution in [0.5, 0.6) is 0 Å². The van der Waals surface area contributed by atoms with E-state index >= 15 is 0 Å². The van der Waals surface area contributed by atoms with Gasteiger partial charge in [0, 0.05) is 6.42 Å². The topological polar surface area (TPSA) is 140 Å². The number of carboxylic acid groups (broad SMARTS) is 1. The van der Waals surface area contributed by atoms with E-state index in [9.17, 15) is 4.79 Å². The summed E-state index contributed by atoms with van der Waals surface area (Å²) >= 11 is 0. The molecule has 7 nitrogen and oxygen atoms in total. The van der Waals surface area contributed by atoms with E-state index in [4.69, 9.17) is 22.4 Å². The fourth-order valence-electron chi connectivity index (χ4n) is 0.441. The van der Waals surface area contributed by atoms with E-state index in [2.05, 4.69) is 5.10 Å². The van der Waals surface area contributed by atoms with E-state index in [0.717, 1.165) is 0 Å². The fourth-order valence-corrected chi connectivity index (χ4v) is 0.441. The third-order valence-corrected chi connectivity index (χ3v) is 0.954. The van der Waals surface area contributed by atoms with E-state index in [1.165, 1.54) is 0 Å². The molecule has 0 radical (unpaired) electrons. The predicted molar refractivity (Wildman–Crippen MR) is 39.2 cm³/mol. The maximum absolute atomic E-state index is 10.2. The lowest BCUT2D eigenvalue weighted by Crippen LogP contribution is -2.36. The van der Waals surface area contributed by atoms with Gasteiger partial charge in [0.05, 0.1) is 0 Å². The summed E-state index contributed by atoms with van der Waals surface area (Å²) in [6.07, 6.45) is -0.0282. The minimum absolute atomic E-state index is 0.0282. The molecule has 0 saturated heterocycles. The lowest BCUT2D eigenvalue weighted by Gasteiger charge is -2.04. The van der Waals surface area contributed by atoms with Crippen molar-refractivity contribution in [2.45, 2.75) is 12.5 Å². The van der Waals surface area contributed by atoms with Crippen LogP contribution in [0.25, 0.3) is 0 Å². The Labute approximate surface area is 63.2 Å². The molecule has 0 rings (SSSR count). The van der Waals surface area contributed by atoms with Crippen LogP contribution in [-0.4, -0.2) is 23.0 Å². The molecule has 1 atom stereocenters. The zero-order valence-corrected chi connectivity index (χ0v) is 5.82. The summed E-state index contributed by atoms with van der Waals surface area (Å²) < 4.78 is 0. The Bertz CT molecular complexity index is 168. The van der Waals surface area contributed by atoms with Crippen molar-refractivity contribution in [2.24, 2.45) is 22.4 Å². The Balaban J connectivity index is 3.84. The van der Waals surface area contributed by atoms with Crippen molar-refractivity contribution >= 4 is 11.8 Å². The first-order chi connectivity index (χ1) is 5.07. The van der Waals surface area contributed by atoms with Crippen molar-refractivity contribution in [1.82, 2.24) is 5.53 Å². The Morgan fingerprint density at radius 2 is 2.27 bits per heavy atom. The Morgan fingerprint density at radius 1 is 1.73 bits per heavy atom. The van der Waals surface area contributed by atoms with E-state index < -0.39 is 12.0 Å². The number of hydrazine groups is 1. The molecule has 7 heteroatoms. The molecule has 0 aromatic heterocycles. The van der Waals surface area contributed by atoms with Gasteiger partial charge in [-0.1, -0.05) is 0 Å². The predicted octanol–water partition coefficient (Wildman–Crippen LogP) is -2.48. The van der Waals surface area contributed by atoms with Crippen LogP contribution in [0.3, 0.4) is 0 Å². The van der Waals surface area contributed by atoms with E-state index in [0.29, 0.717) is 0 Å². The van der Waals surface area contributed by atoms with Crippen molar-refractivity contribution < 1.29 is 9.90 Å². The molecule has 0 aromatic carbocycles. The third-order valence-electron chi connectivity index (χ3n) is 0.954. The van der Waals surface area contributed by atoms with Crippen molar-refractivity contribution in [1.29, 1.82) is 0 Å². The van der Waals surface area contributed by atoms with Crippen molar-refractivity contribution in [2.75, 3.05) is 0 Å². The standard InChI is InChI=1S/C4H11N5O2/c5-2(4(10)11)1-3(6)8-9-7/h2,9H,1,5,7H2,(H2,6,8)(H,10,11). The molecule has 0 amide bonds.